The van der Waals surface area contributed by atoms with Crippen LogP contribution in [0, 0.1) is 0 Å². The van der Waals surface area contributed by atoms with Gasteiger partial charge in [-0.2, -0.15) is 0 Å². The maximum absolute atomic E-state index is 10.3. The standard InChI is InChI=1S/C7H7NO2S/c9-7(10)4-8-3-1-2-6(8)5-11/h1-3,5H,4H2,(H,9,10). The molecule has 1 heterocycles. The number of carboxylic acid groups (broad SMARTS) is 1. The summed E-state index contributed by atoms with van der Waals surface area (Å²) in [6, 6.07) is 3.54. The number of aliphatic carboxylic acids is 1. The summed E-state index contributed by atoms with van der Waals surface area (Å²) in [5.41, 5.74) is 0.752. The fourth-order valence-electron chi connectivity index (χ4n) is 0.824. The van der Waals surface area contributed by atoms with Crippen LogP contribution >= 0.6 is 12.2 Å². The zero-order valence-corrected chi connectivity index (χ0v) is 6.54. The van der Waals surface area contributed by atoms with Crippen LogP contribution in [-0.2, 0) is 11.3 Å². The third-order valence-corrected chi connectivity index (χ3v) is 1.53. The number of hydrogen-bond donors (Lipinski definition) is 1. The highest BCUT2D eigenvalue weighted by Gasteiger charge is 2.00. The molecule has 0 spiro atoms. The molecule has 1 aromatic rings. The monoisotopic (exact) mass is 169 g/mol. The zero-order chi connectivity index (χ0) is 8.27. The second kappa shape index (κ2) is 3.30. The van der Waals surface area contributed by atoms with Gasteiger partial charge in [0, 0.05) is 11.6 Å². The Bertz CT molecular complexity index is 280. The molecule has 0 radical (unpaired) electrons. The lowest BCUT2D eigenvalue weighted by Crippen LogP contribution is -2.09. The van der Waals surface area contributed by atoms with Crippen molar-refractivity contribution in [2.75, 3.05) is 0 Å². The summed E-state index contributed by atoms with van der Waals surface area (Å²) in [6.45, 7) is -0.0323. The van der Waals surface area contributed by atoms with E-state index in [2.05, 4.69) is 12.2 Å². The molecule has 0 atom stereocenters. The number of rotatable bonds is 3. The molecule has 0 aliphatic heterocycles. The SMILES string of the molecule is O=C(O)Cn1cccc1C=S. The van der Waals surface area contributed by atoms with Gasteiger partial charge in [-0.05, 0) is 12.1 Å². The summed E-state index contributed by atoms with van der Waals surface area (Å²) in [5, 5.41) is 9.90. The summed E-state index contributed by atoms with van der Waals surface area (Å²) in [5.74, 6) is -0.862. The zero-order valence-electron chi connectivity index (χ0n) is 5.73. The predicted molar refractivity (Wildman–Crippen MR) is 44.8 cm³/mol. The van der Waals surface area contributed by atoms with Gasteiger partial charge in [0.05, 0.1) is 5.69 Å². The van der Waals surface area contributed by atoms with E-state index in [9.17, 15) is 4.79 Å². The molecular weight excluding hydrogens is 162 g/mol. The molecule has 0 aliphatic carbocycles. The average molecular weight is 169 g/mol. The summed E-state index contributed by atoms with van der Waals surface area (Å²) in [4.78, 5) is 10.3. The fourth-order valence-corrected chi connectivity index (χ4v) is 1.04. The maximum Gasteiger partial charge on any atom is 0.323 e. The van der Waals surface area contributed by atoms with Gasteiger partial charge in [0.25, 0.3) is 0 Å². The van der Waals surface area contributed by atoms with E-state index in [0.29, 0.717) is 0 Å². The summed E-state index contributed by atoms with van der Waals surface area (Å²) >= 11 is 4.67. The summed E-state index contributed by atoms with van der Waals surface area (Å²) in [6.07, 6.45) is 1.69. The van der Waals surface area contributed by atoms with Crippen molar-refractivity contribution in [1.82, 2.24) is 4.57 Å². The Kier molecular flexibility index (Phi) is 2.38. The van der Waals surface area contributed by atoms with Crippen molar-refractivity contribution in [2.24, 2.45) is 0 Å². The number of nitrogens with zero attached hydrogens (tertiary/aromatic N) is 1. The number of carboxylic acids is 1. The van der Waals surface area contributed by atoms with Crippen molar-refractivity contribution in [2.45, 2.75) is 6.54 Å². The topological polar surface area (TPSA) is 42.2 Å². The maximum atomic E-state index is 10.3. The van der Waals surface area contributed by atoms with Crippen LogP contribution in [0.3, 0.4) is 0 Å². The number of aromatic nitrogens is 1. The van der Waals surface area contributed by atoms with Crippen molar-refractivity contribution in [3.05, 3.63) is 24.0 Å². The van der Waals surface area contributed by atoms with Crippen LogP contribution in [0.2, 0.25) is 0 Å². The van der Waals surface area contributed by atoms with Gasteiger partial charge < -0.3 is 9.67 Å². The molecule has 0 aliphatic rings. The van der Waals surface area contributed by atoms with Crippen LogP contribution in [0.25, 0.3) is 0 Å². The molecule has 0 aromatic carbocycles. The van der Waals surface area contributed by atoms with Crippen LogP contribution in [0.15, 0.2) is 18.3 Å². The lowest BCUT2D eigenvalue weighted by atomic mass is 10.5. The highest BCUT2D eigenvalue weighted by atomic mass is 32.1. The van der Waals surface area contributed by atoms with Gasteiger partial charge >= 0.3 is 5.97 Å². The summed E-state index contributed by atoms with van der Waals surface area (Å²) in [7, 11) is 0. The van der Waals surface area contributed by atoms with Crippen molar-refractivity contribution in [3.63, 3.8) is 0 Å². The van der Waals surface area contributed by atoms with Crippen LogP contribution in [-0.4, -0.2) is 21.0 Å². The Balaban J connectivity index is 2.84. The first kappa shape index (κ1) is 7.94. The second-order valence-electron chi connectivity index (χ2n) is 2.07. The molecular formula is C7H7NO2S. The molecule has 1 aromatic heterocycles. The largest absolute Gasteiger partial charge is 0.480 e. The molecule has 0 bridgehead atoms. The molecule has 3 nitrogen and oxygen atoms in total. The van der Waals surface area contributed by atoms with Crippen molar-refractivity contribution in [1.29, 1.82) is 0 Å². The minimum Gasteiger partial charge on any atom is -0.480 e. The van der Waals surface area contributed by atoms with E-state index in [4.69, 9.17) is 5.11 Å². The lowest BCUT2D eigenvalue weighted by molar-refractivity contribution is -0.137. The highest BCUT2D eigenvalue weighted by molar-refractivity contribution is 7.79. The van der Waals surface area contributed by atoms with E-state index in [-0.39, 0.29) is 6.54 Å². The molecule has 58 valence electrons. The third kappa shape index (κ3) is 1.88. The van der Waals surface area contributed by atoms with Gasteiger partial charge in [-0.1, -0.05) is 12.2 Å². The minimum atomic E-state index is -0.862. The molecule has 0 unspecified atom stereocenters. The molecule has 1 N–H and O–H groups in total. The minimum absolute atomic E-state index is 0.0323. The quantitative estimate of drug-likeness (QED) is 0.684. The second-order valence-corrected chi connectivity index (χ2v) is 2.31. The Morgan fingerprint density at radius 2 is 2.55 bits per heavy atom. The lowest BCUT2D eigenvalue weighted by Gasteiger charge is -1.99. The average Bonchev–Trinajstić information content (AvgIpc) is 2.34. The van der Waals surface area contributed by atoms with Crippen molar-refractivity contribution in [3.8, 4) is 0 Å². The van der Waals surface area contributed by atoms with Crippen LogP contribution in [0.5, 0.6) is 0 Å². The number of thiocarbonyl (C=S) groups is 1. The van der Waals surface area contributed by atoms with Crippen LogP contribution in [0.4, 0.5) is 0 Å². The Morgan fingerprint density at radius 3 is 3.09 bits per heavy atom. The van der Waals surface area contributed by atoms with E-state index in [1.54, 1.807) is 22.9 Å². The first-order chi connectivity index (χ1) is 5.24. The molecule has 0 saturated carbocycles. The molecule has 0 fully saturated rings. The van der Waals surface area contributed by atoms with Gasteiger partial charge in [0.2, 0.25) is 0 Å². The Labute approximate surface area is 69.3 Å². The third-order valence-electron chi connectivity index (χ3n) is 1.29. The normalized spacial score (nSPS) is 9.45. The smallest absolute Gasteiger partial charge is 0.323 e. The molecule has 1 rings (SSSR count). The molecule has 0 amide bonds. The van der Waals surface area contributed by atoms with E-state index in [1.165, 1.54) is 5.37 Å². The van der Waals surface area contributed by atoms with Gasteiger partial charge in [0.1, 0.15) is 6.54 Å². The van der Waals surface area contributed by atoms with E-state index in [0.717, 1.165) is 5.69 Å². The fraction of sp³-hybridized carbons (Fsp3) is 0.143. The van der Waals surface area contributed by atoms with Gasteiger partial charge in [0.15, 0.2) is 0 Å². The van der Waals surface area contributed by atoms with Crippen LogP contribution < -0.4 is 0 Å². The summed E-state index contributed by atoms with van der Waals surface area (Å²) < 4.78 is 1.58. The van der Waals surface area contributed by atoms with Crippen molar-refractivity contribution < 1.29 is 9.90 Å². The number of carbonyl (C=O) groups is 1. The first-order valence-electron chi connectivity index (χ1n) is 3.06. The van der Waals surface area contributed by atoms with Crippen LogP contribution in [0.1, 0.15) is 5.69 Å². The van der Waals surface area contributed by atoms with E-state index in [1.807, 2.05) is 0 Å². The van der Waals surface area contributed by atoms with Gasteiger partial charge in [-0.15, -0.1) is 0 Å². The van der Waals surface area contributed by atoms with Gasteiger partial charge in [-0.3, -0.25) is 4.79 Å². The Hall–Kier alpha value is -1.16. The molecule has 4 heteroatoms. The highest BCUT2D eigenvalue weighted by Crippen LogP contribution is 1.98. The number of hydrogen-bond acceptors (Lipinski definition) is 2. The van der Waals surface area contributed by atoms with Gasteiger partial charge in [-0.25, -0.2) is 0 Å². The van der Waals surface area contributed by atoms with E-state index >= 15 is 0 Å². The first-order valence-corrected chi connectivity index (χ1v) is 3.53. The Morgan fingerprint density at radius 1 is 1.82 bits per heavy atom. The predicted octanol–water partition coefficient (Wildman–Crippen LogP) is 0.921. The van der Waals surface area contributed by atoms with E-state index < -0.39 is 5.97 Å². The van der Waals surface area contributed by atoms with Crippen molar-refractivity contribution >= 4 is 23.6 Å². The molecule has 11 heavy (non-hydrogen) atoms. The molecule has 0 saturated heterocycles.